The minimum atomic E-state index is -0.148. The van der Waals surface area contributed by atoms with Crippen LogP contribution in [0.3, 0.4) is 0 Å². The predicted molar refractivity (Wildman–Crippen MR) is 74.2 cm³/mol. The standard InChI is InChI=1S/C16H24FN/c17-16-9-7-14(8-10-16)11-12-18-13-15-5-3-1-2-4-6-15/h7-10,15,18H,1-6,11-13H2. The third-order valence-electron chi connectivity index (χ3n) is 3.91. The van der Waals surface area contributed by atoms with Gasteiger partial charge in [-0.3, -0.25) is 0 Å². The van der Waals surface area contributed by atoms with Crippen LogP contribution in [0.2, 0.25) is 0 Å². The SMILES string of the molecule is Fc1ccc(CCNCC2CCCCCC2)cc1. The van der Waals surface area contributed by atoms with E-state index in [0.29, 0.717) is 0 Å². The number of hydrogen-bond donors (Lipinski definition) is 1. The zero-order chi connectivity index (χ0) is 12.6. The van der Waals surface area contributed by atoms with Crippen molar-refractivity contribution in [3.63, 3.8) is 0 Å². The highest BCUT2D eigenvalue weighted by Gasteiger charge is 2.11. The van der Waals surface area contributed by atoms with Gasteiger partial charge in [0.05, 0.1) is 0 Å². The first-order valence-corrected chi connectivity index (χ1v) is 7.30. The Hall–Kier alpha value is -0.890. The summed E-state index contributed by atoms with van der Waals surface area (Å²) in [6, 6.07) is 6.84. The van der Waals surface area contributed by atoms with Crippen molar-refractivity contribution in [2.45, 2.75) is 44.9 Å². The Bertz CT molecular complexity index is 325. The molecule has 2 rings (SSSR count). The molecule has 1 nitrogen and oxygen atoms in total. The molecule has 1 aliphatic rings. The van der Waals surface area contributed by atoms with Crippen LogP contribution in [-0.4, -0.2) is 13.1 Å². The number of hydrogen-bond acceptors (Lipinski definition) is 1. The average molecular weight is 249 g/mol. The third kappa shape index (κ3) is 4.77. The van der Waals surface area contributed by atoms with Crippen molar-refractivity contribution < 1.29 is 4.39 Å². The minimum Gasteiger partial charge on any atom is -0.316 e. The highest BCUT2D eigenvalue weighted by atomic mass is 19.1. The van der Waals surface area contributed by atoms with Crippen molar-refractivity contribution in [3.8, 4) is 0 Å². The monoisotopic (exact) mass is 249 g/mol. The number of halogens is 1. The molecule has 1 aliphatic carbocycles. The van der Waals surface area contributed by atoms with Crippen molar-refractivity contribution in [1.29, 1.82) is 0 Å². The van der Waals surface area contributed by atoms with E-state index in [1.165, 1.54) is 44.1 Å². The Kier molecular flexibility index (Phi) is 5.66. The van der Waals surface area contributed by atoms with Crippen molar-refractivity contribution in [3.05, 3.63) is 35.6 Å². The molecule has 0 saturated heterocycles. The van der Waals surface area contributed by atoms with Gasteiger partial charge in [-0.25, -0.2) is 4.39 Å². The third-order valence-corrected chi connectivity index (χ3v) is 3.91. The van der Waals surface area contributed by atoms with E-state index in [-0.39, 0.29) is 5.82 Å². The molecule has 0 bridgehead atoms. The summed E-state index contributed by atoms with van der Waals surface area (Å²) in [4.78, 5) is 0. The molecule has 1 aromatic carbocycles. The van der Waals surface area contributed by atoms with E-state index >= 15 is 0 Å². The highest BCUT2D eigenvalue weighted by Crippen LogP contribution is 2.21. The van der Waals surface area contributed by atoms with E-state index in [1.54, 1.807) is 12.1 Å². The predicted octanol–water partition coefficient (Wildman–Crippen LogP) is 3.93. The summed E-state index contributed by atoms with van der Waals surface area (Å²) in [5, 5.41) is 3.55. The van der Waals surface area contributed by atoms with Crippen molar-refractivity contribution >= 4 is 0 Å². The zero-order valence-corrected chi connectivity index (χ0v) is 11.1. The molecular weight excluding hydrogens is 225 g/mol. The van der Waals surface area contributed by atoms with E-state index in [0.717, 1.165) is 25.4 Å². The van der Waals surface area contributed by atoms with Gasteiger partial charge in [0.2, 0.25) is 0 Å². The van der Waals surface area contributed by atoms with Gasteiger partial charge in [0.25, 0.3) is 0 Å². The van der Waals surface area contributed by atoms with Gasteiger partial charge in [-0.1, -0.05) is 37.8 Å². The zero-order valence-electron chi connectivity index (χ0n) is 11.1. The average Bonchev–Trinajstić information content (AvgIpc) is 2.65. The fourth-order valence-electron chi connectivity index (χ4n) is 2.76. The largest absolute Gasteiger partial charge is 0.316 e. The first-order valence-electron chi connectivity index (χ1n) is 7.30. The van der Waals surface area contributed by atoms with Crippen molar-refractivity contribution in [1.82, 2.24) is 5.32 Å². The maximum Gasteiger partial charge on any atom is 0.123 e. The van der Waals surface area contributed by atoms with Gasteiger partial charge >= 0.3 is 0 Å². The lowest BCUT2D eigenvalue weighted by molar-refractivity contribution is 0.427. The fourth-order valence-corrected chi connectivity index (χ4v) is 2.76. The summed E-state index contributed by atoms with van der Waals surface area (Å²) in [7, 11) is 0. The second kappa shape index (κ2) is 7.52. The molecule has 0 aromatic heterocycles. The van der Waals surface area contributed by atoms with Crippen LogP contribution in [0.1, 0.15) is 44.1 Å². The van der Waals surface area contributed by atoms with Gasteiger partial charge in [0.15, 0.2) is 0 Å². The molecule has 0 heterocycles. The molecule has 0 unspecified atom stereocenters. The Labute approximate surface area is 110 Å². The van der Waals surface area contributed by atoms with Crippen LogP contribution in [0, 0.1) is 11.7 Å². The number of nitrogens with one attached hydrogen (secondary N) is 1. The molecule has 100 valence electrons. The summed E-state index contributed by atoms with van der Waals surface area (Å²) in [6.07, 6.45) is 9.44. The van der Waals surface area contributed by atoms with E-state index < -0.39 is 0 Å². The molecule has 0 spiro atoms. The molecule has 0 atom stereocenters. The molecule has 1 N–H and O–H groups in total. The number of benzene rings is 1. The minimum absolute atomic E-state index is 0.148. The molecular formula is C16H24FN. The van der Waals surface area contributed by atoms with Crippen LogP contribution >= 0.6 is 0 Å². The van der Waals surface area contributed by atoms with Crippen LogP contribution in [0.15, 0.2) is 24.3 Å². The molecule has 0 amide bonds. The Morgan fingerprint density at radius 3 is 2.33 bits per heavy atom. The van der Waals surface area contributed by atoms with Crippen LogP contribution in [0.4, 0.5) is 4.39 Å². The van der Waals surface area contributed by atoms with Gasteiger partial charge in [-0.2, -0.15) is 0 Å². The normalized spacial score (nSPS) is 17.6. The van der Waals surface area contributed by atoms with E-state index in [1.807, 2.05) is 12.1 Å². The first kappa shape index (κ1) is 13.5. The summed E-state index contributed by atoms with van der Waals surface area (Å²) < 4.78 is 12.7. The lowest BCUT2D eigenvalue weighted by Crippen LogP contribution is -2.24. The molecule has 0 aliphatic heterocycles. The van der Waals surface area contributed by atoms with E-state index in [4.69, 9.17) is 0 Å². The first-order chi connectivity index (χ1) is 8.84. The van der Waals surface area contributed by atoms with Crippen LogP contribution in [0.25, 0.3) is 0 Å². The fraction of sp³-hybridized carbons (Fsp3) is 0.625. The summed E-state index contributed by atoms with van der Waals surface area (Å²) >= 11 is 0. The topological polar surface area (TPSA) is 12.0 Å². The van der Waals surface area contributed by atoms with Gasteiger partial charge in [0.1, 0.15) is 5.82 Å². The molecule has 1 aromatic rings. The summed E-state index contributed by atoms with van der Waals surface area (Å²) in [6.45, 7) is 2.16. The molecule has 0 radical (unpaired) electrons. The van der Waals surface area contributed by atoms with Gasteiger partial charge < -0.3 is 5.32 Å². The second-order valence-corrected chi connectivity index (χ2v) is 5.44. The lowest BCUT2D eigenvalue weighted by Gasteiger charge is -2.14. The van der Waals surface area contributed by atoms with E-state index in [9.17, 15) is 4.39 Å². The smallest absolute Gasteiger partial charge is 0.123 e. The Balaban J connectivity index is 1.61. The summed E-state index contributed by atoms with van der Waals surface area (Å²) in [5.74, 6) is 0.728. The molecule has 18 heavy (non-hydrogen) atoms. The summed E-state index contributed by atoms with van der Waals surface area (Å²) in [5.41, 5.74) is 1.21. The highest BCUT2D eigenvalue weighted by molar-refractivity contribution is 5.16. The van der Waals surface area contributed by atoms with Crippen molar-refractivity contribution in [2.75, 3.05) is 13.1 Å². The second-order valence-electron chi connectivity index (χ2n) is 5.44. The maximum atomic E-state index is 12.7. The van der Waals surface area contributed by atoms with Crippen LogP contribution < -0.4 is 5.32 Å². The molecule has 2 heteroatoms. The Morgan fingerprint density at radius 1 is 1.00 bits per heavy atom. The lowest BCUT2D eigenvalue weighted by atomic mass is 10.0. The van der Waals surface area contributed by atoms with Crippen LogP contribution in [-0.2, 0) is 6.42 Å². The quantitative estimate of drug-likeness (QED) is 0.616. The van der Waals surface area contributed by atoms with Crippen LogP contribution in [0.5, 0.6) is 0 Å². The van der Waals surface area contributed by atoms with Gasteiger partial charge in [0, 0.05) is 0 Å². The molecule has 1 saturated carbocycles. The Morgan fingerprint density at radius 2 is 1.67 bits per heavy atom. The molecule has 1 fully saturated rings. The maximum absolute atomic E-state index is 12.7. The van der Waals surface area contributed by atoms with Gasteiger partial charge in [-0.05, 0) is 56.0 Å². The number of rotatable bonds is 5. The van der Waals surface area contributed by atoms with Gasteiger partial charge in [-0.15, -0.1) is 0 Å². The van der Waals surface area contributed by atoms with Crippen molar-refractivity contribution in [2.24, 2.45) is 5.92 Å². The van der Waals surface area contributed by atoms with E-state index in [2.05, 4.69) is 5.32 Å².